The van der Waals surface area contributed by atoms with Crippen molar-refractivity contribution in [3.05, 3.63) is 36.5 Å². The number of esters is 2. The van der Waals surface area contributed by atoms with E-state index in [0.29, 0.717) is 25.0 Å². The monoisotopic (exact) mass is 703 g/mol. The summed E-state index contributed by atoms with van der Waals surface area (Å²) in [5, 5.41) is 9.57. The third-order valence-corrected chi connectivity index (χ3v) is 9.88. The van der Waals surface area contributed by atoms with Crippen LogP contribution in [0.5, 0.6) is 0 Å². The highest BCUT2D eigenvalue weighted by Gasteiger charge is 2.35. The van der Waals surface area contributed by atoms with Crippen LogP contribution in [0.2, 0.25) is 0 Å². The van der Waals surface area contributed by atoms with Crippen LogP contribution in [0.25, 0.3) is 0 Å². The molecule has 50 heavy (non-hydrogen) atoms. The zero-order valence-corrected chi connectivity index (χ0v) is 32.8. The quantitative estimate of drug-likeness (QED) is 0.0303. The van der Waals surface area contributed by atoms with Gasteiger partial charge in [-0.25, -0.2) is 0 Å². The van der Waals surface area contributed by atoms with Gasteiger partial charge in [-0.15, -0.1) is 0 Å². The minimum Gasteiger partial charge on any atom is -0.462 e. The number of rotatable bonds is 36. The Morgan fingerprint density at radius 1 is 0.640 bits per heavy atom. The molecule has 6 nitrogen and oxygen atoms in total. The number of allylic oxidation sites excluding steroid dienone is 4. The molecule has 4 atom stereocenters. The van der Waals surface area contributed by atoms with Crippen LogP contribution in [-0.2, 0) is 23.8 Å². The van der Waals surface area contributed by atoms with Gasteiger partial charge in [0.05, 0.1) is 18.8 Å². The van der Waals surface area contributed by atoms with Crippen molar-refractivity contribution in [2.45, 2.75) is 212 Å². The summed E-state index contributed by atoms with van der Waals surface area (Å²) >= 11 is 0. The number of hydrogen-bond donors (Lipinski definition) is 1. The van der Waals surface area contributed by atoms with E-state index in [1.165, 1.54) is 109 Å². The fourth-order valence-electron chi connectivity index (χ4n) is 6.15. The Morgan fingerprint density at radius 2 is 1.16 bits per heavy atom. The molecule has 0 aliphatic carbocycles. The molecule has 0 aromatic heterocycles. The standard InChI is InChI=1S/C44H78O6/c1-4-6-7-8-23-28-33-41-42(50-41)34-29-24-19-17-21-26-31-36-44(47)49-40(37-45)38-48-43(46)35-30-25-20-16-14-12-10-9-11-13-15-18-22-27-32-39(3)5-2/h17,21,23-24,28-29,39-42,45H,4-16,18-20,22,25-27,30-38H2,1-3H3/b21-17-,28-23-,29-24-/t39?,40-,41?,42?/m0/s1. The number of carbonyl (C=O) groups excluding carboxylic acids is 2. The van der Waals surface area contributed by atoms with E-state index in [9.17, 15) is 14.7 Å². The Bertz CT molecular complexity index is 880. The first kappa shape index (κ1) is 46.1. The van der Waals surface area contributed by atoms with Crippen molar-refractivity contribution >= 4 is 11.9 Å². The van der Waals surface area contributed by atoms with Gasteiger partial charge in [-0.2, -0.15) is 0 Å². The summed E-state index contributed by atoms with van der Waals surface area (Å²) in [5.74, 6) is 0.240. The zero-order valence-electron chi connectivity index (χ0n) is 32.8. The van der Waals surface area contributed by atoms with Gasteiger partial charge < -0.3 is 19.3 Å². The van der Waals surface area contributed by atoms with Crippen LogP contribution in [0.4, 0.5) is 0 Å². The van der Waals surface area contributed by atoms with E-state index < -0.39 is 6.10 Å². The third kappa shape index (κ3) is 29.8. The minimum absolute atomic E-state index is 0.0893. The van der Waals surface area contributed by atoms with Gasteiger partial charge in [-0.05, 0) is 57.3 Å². The van der Waals surface area contributed by atoms with Gasteiger partial charge in [-0.1, -0.05) is 166 Å². The Balaban J connectivity index is 1.90. The van der Waals surface area contributed by atoms with Crippen LogP contribution < -0.4 is 0 Å². The number of aliphatic hydroxyl groups is 1. The topological polar surface area (TPSA) is 85.4 Å². The summed E-state index contributed by atoms with van der Waals surface area (Å²) in [6.07, 6.45) is 43.8. The van der Waals surface area contributed by atoms with Crippen LogP contribution in [0, 0.1) is 5.92 Å². The van der Waals surface area contributed by atoms with E-state index in [-0.39, 0.29) is 31.6 Å². The Hall–Kier alpha value is -1.92. The third-order valence-electron chi connectivity index (χ3n) is 9.88. The molecule has 0 bridgehead atoms. The van der Waals surface area contributed by atoms with Crippen LogP contribution in [-0.4, -0.2) is 48.6 Å². The summed E-state index contributed by atoms with van der Waals surface area (Å²) in [6.45, 7) is 6.45. The molecule has 0 radical (unpaired) electrons. The number of hydrogen-bond acceptors (Lipinski definition) is 6. The Labute approximate surface area is 308 Å². The first-order valence-corrected chi connectivity index (χ1v) is 21.1. The molecule has 1 fully saturated rings. The molecule has 0 spiro atoms. The lowest BCUT2D eigenvalue weighted by Gasteiger charge is -2.15. The van der Waals surface area contributed by atoms with Crippen molar-refractivity contribution in [3.63, 3.8) is 0 Å². The molecular weight excluding hydrogens is 624 g/mol. The van der Waals surface area contributed by atoms with Crippen LogP contribution in [0.3, 0.4) is 0 Å². The normalized spacial score (nSPS) is 17.2. The molecule has 1 N–H and O–H groups in total. The molecule has 0 aromatic carbocycles. The van der Waals surface area contributed by atoms with E-state index in [2.05, 4.69) is 57.2 Å². The second-order valence-electron chi connectivity index (χ2n) is 14.7. The Morgan fingerprint density at radius 3 is 1.76 bits per heavy atom. The molecule has 1 aliphatic rings. The van der Waals surface area contributed by atoms with Gasteiger partial charge in [0.15, 0.2) is 6.10 Å². The van der Waals surface area contributed by atoms with Crippen molar-refractivity contribution in [1.29, 1.82) is 0 Å². The second-order valence-corrected chi connectivity index (χ2v) is 14.7. The van der Waals surface area contributed by atoms with Gasteiger partial charge in [-0.3, -0.25) is 9.59 Å². The summed E-state index contributed by atoms with van der Waals surface area (Å²) in [7, 11) is 0. The van der Waals surface area contributed by atoms with Gasteiger partial charge >= 0.3 is 11.9 Å². The molecule has 1 heterocycles. The lowest BCUT2D eigenvalue weighted by Crippen LogP contribution is -2.28. The van der Waals surface area contributed by atoms with Gasteiger partial charge in [0.25, 0.3) is 0 Å². The first-order chi connectivity index (χ1) is 24.5. The number of epoxide rings is 1. The summed E-state index contributed by atoms with van der Waals surface area (Å²) in [4.78, 5) is 24.3. The smallest absolute Gasteiger partial charge is 0.306 e. The highest BCUT2D eigenvalue weighted by Crippen LogP contribution is 2.29. The van der Waals surface area contributed by atoms with E-state index in [0.717, 1.165) is 50.9 Å². The van der Waals surface area contributed by atoms with E-state index >= 15 is 0 Å². The molecule has 1 saturated heterocycles. The predicted octanol–water partition coefficient (Wildman–Crippen LogP) is 12.1. The average molecular weight is 703 g/mol. The van der Waals surface area contributed by atoms with Crippen LogP contribution in [0.1, 0.15) is 194 Å². The fraction of sp³-hybridized carbons (Fsp3) is 0.818. The molecule has 0 saturated carbocycles. The molecule has 3 unspecified atom stereocenters. The summed E-state index contributed by atoms with van der Waals surface area (Å²) in [5.41, 5.74) is 0. The van der Waals surface area contributed by atoms with Gasteiger partial charge in [0.1, 0.15) is 6.61 Å². The summed E-state index contributed by atoms with van der Waals surface area (Å²) in [6, 6.07) is 0. The second kappa shape index (κ2) is 34.2. The van der Waals surface area contributed by atoms with E-state index in [1.807, 2.05) is 0 Å². The number of aliphatic hydroxyl groups excluding tert-OH is 1. The molecular formula is C44H78O6. The molecule has 1 aliphatic heterocycles. The molecule has 1 rings (SSSR count). The molecule has 0 aromatic rings. The fourth-order valence-corrected chi connectivity index (χ4v) is 6.15. The lowest BCUT2D eigenvalue weighted by atomic mass is 9.99. The van der Waals surface area contributed by atoms with Crippen molar-refractivity contribution in [3.8, 4) is 0 Å². The largest absolute Gasteiger partial charge is 0.462 e. The van der Waals surface area contributed by atoms with Crippen molar-refractivity contribution in [2.75, 3.05) is 13.2 Å². The maximum absolute atomic E-state index is 12.2. The minimum atomic E-state index is -0.802. The van der Waals surface area contributed by atoms with Crippen LogP contribution in [0.15, 0.2) is 36.5 Å². The van der Waals surface area contributed by atoms with Crippen molar-refractivity contribution in [1.82, 2.24) is 0 Å². The number of unbranched alkanes of at least 4 members (excludes halogenated alkanes) is 17. The highest BCUT2D eigenvalue weighted by molar-refractivity contribution is 5.70. The maximum atomic E-state index is 12.2. The van der Waals surface area contributed by atoms with Gasteiger partial charge in [0.2, 0.25) is 0 Å². The SMILES string of the molecule is CCCCC/C=C\CC1OC1C/C=C\C/C=C\CCCC(=O)O[C@@H](CO)COC(=O)CCCCCCCCCCCCCCCCC(C)CC. The lowest BCUT2D eigenvalue weighted by molar-refractivity contribution is -0.161. The Kier molecular flexibility index (Phi) is 31.5. The molecule has 6 heteroatoms. The average Bonchev–Trinajstić information content (AvgIpc) is 3.88. The molecule has 290 valence electrons. The number of carbonyl (C=O) groups is 2. The molecule has 0 amide bonds. The van der Waals surface area contributed by atoms with E-state index in [4.69, 9.17) is 14.2 Å². The van der Waals surface area contributed by atoms with Crippen LogP contribution >= 0.6 is 0 Å². The van der Waals surface area contributed by atoms with E-state index in [1.54, 1.807) is 0 Å². The maximum Gasteiger partial charge on any atom is 0.306 e. The van der Waals surface area contributed by atoms with Gasteiger partial charge in [0, 0.05) is 12.8 Å². The van der Waals surface area contributed by atoms with Crippen molar-refractivity contribution < 1.29 is 28.9 Å². The summed E-state index contributed by atoms with van der Waals surface area (Å²) < 4.78 is 16.3. The van der Waals surface area contributed by atoms with Crippen molar-refractivity contribution in [2.24, 2.45) is 5.92 Å². The predicted molar refractivity (Wildman–Crippen MR) is 209 cm³/mol. The zero-order chi connectivity index (χ0) is 36.3. The number of ether oxygens (including phenoxy) is 3. The highest BCUT2D eigenvalue weighted by atomic mass is 16.6. The first-order valence-electron chi connectivity index (χ1n) is 21.1.